The Morgan fingerprint density at radius 1 is 0.754 bits per heavy atom. The molecule has 7 nitrogen and oxygen atoms in total. The predicted molar refractivity (Wildman–Crippen MR) is 239 cm³/mol. The van der Waals surface area contributed by atoms with Gasteiger partial charge in [0.1, 0.15) is 5.75 Å². The standard InChI is InChI=1S/C54H64N2O5/c1-49-20-17-40(57)31-52(49)23-24-54(44(32-52)47(58)43-12-8-7-11-42(43)38-9-5-4-6-10-38)45(49)18-21-50(2)46(54)19-22-53(50,60)34-56(48(59)55-39-13-15-41(61-3)16-14-39)33-51-28-35-25-36(29-51)27-37(26-35)30-51/h4-16,23-24,32,35-37,40,45-46,57,60H,17-22,25-31,33-34H2,1-3H3,(H,55,59)/t35?,36?,37?,40?,45-,46-,49-,50+,51?,52+,53-,54-/m1/s1. The van der Waals surface area contributed by atoms with Crippen molar-refractivity contribution in [2.24, 2.45) is 56.7 Å². The van der Waals surface area contributed by atoms with Crippen LogP contribution in [0.3, 0.4) is 0 Å². The number of carbonyl (C=O) groups is 2. The highest BCUT2D eigenvalue weighted by Gasteiger charge is 2.74. The lowest BCUT2D eigenvalue weighted by atomic mass is 9.32. The molecule has 10 aliphatic carbocycles. The van der Waals surface area contributed by atoms with Gasteiger partial charge < -0.3 is 25.2 Å². The van der Waals surface area contributed by atoms with E-state index in [0.29, 0.717) is 24.9 Å². The van der Waals surface area contributed by atoms with Crippen LogP contribution in [0, 0.1) is 56.7 Å². The fraction of sp³-hybridized carbons (Fsp3) is 0.556. The van der Waals surface area contributed by atoms with Crippen LogP contribution in [-0.2, 0) is 0 Å². The van der Waals surface area contributed by atoms with E-state index >= 15 is 4.79 Å². The number of methoxy groups -OCH3 is 1. The molecule has 3 aromatic rings. The van der Waals surface area contributed by atoms with Gasteiger partial charge in [0.2, 0.25) is 0 Å². The maximum atomic E-state index is 15.7. The van der Waals surface area contributed by atoms with Crippen molar-refractivity contribution in [3.8, 4) is 16.9 Å². The van der Waals surface area contributed by atoms with Gasteiger partial charge in [-0.05, 0) is 159 Å². The van der Waals surface area contributed by atoms with Gasteiger partial charge in [-0.3, -0.25) is 4.79 Å². The molecule has 0 saturated heterocycles. The molecule has 0 heterocycles. The SMILES string of the molecule is COc1ccc(NC(=O)N(CC23CC4CC(CC(C4)C2)C3)C[C@]2(O)CC[C@H]3[C@]45C=C[C@@]6(C=C4C(=O)c4ccccc4-c4ccccc4)CC(O)CC[C@]6(C)[C@H]5CC[C@@]32C)cc1. The molecule has 2 spiro atoms. The molecular weight excluding hydrogens is 757 g/mol. The molecule has 8 atom stereocenters. The minimum atomic E-state index is -1.16. The first-order valence-corrected chi connectivity index (χ1v) is 23.5. The second-order valence-corrected chi connectivity index (χ2v) is 22.0. The zero-order valence-electron chi connectivity index (χ0n) is 36.4. The largest absolute Gasteiger partial charge is 0.497 e. The Hall–Kier alpha value is -4.20. The topological polar surface area (TPSA) is 99.1 Å². The summed E-state index contributed by atoms with van der Waals surface area (Å²) in [7, 11) is 1.65. The Kier molecular flexibility index (Phi) is 9.03. The van der Waals surface area contributed by atoms with E-state index in [-0.39, 0.29) is 41.0 Å². The van der Waals surface area contributed by atoms with Crippen LogP contribution in [0.2, 0.25) is 0 Å². The van der Waals surface area contributed by atoms with E-state index in [1.807, 2.05) is 65.6 Å². The van der Waals surface area contributed by atoms with E-state index in [0.717, 1.165) is 78.0 Å². The zero-order chi connectivity index (χ0) is 42.0. The van der Waals surface area contributed by atoms with Crippen LogP contribution in [0.5, 0.6) is 5.75 Å². The average molecular weight is 821 g/mol. The molecule has 0 aromatic heterocycles. The molecule has 10 aliphatic rings. The van der Waals surface area contributed by atoms with Crippen molar-refractivity contribution in [3.05, 3.63) is 108 Å². The molecule has 0 radical (unpaired) electrons. The molecular formula is C54H64N2O5. The van der Waals surface area contributed by atoms with Gasteiger partial charge in [0, 0.05) is 39.6 Å². The maximum absolute atomic E-state index is 15.7. The molecule has 7 saturated carbocycles. The molecule has 61 heavy (non-hydrogen) atoms. The summed E-state index contributed by atoms with van der Waals surface area (Å²) in [5.41, 5.74) is 1.47. The number of benzene rings is 3. The van der Waals surface area contributed by atoms with Crippen LogP contribution in [0.1, 0.15) is 108 Å². The molecule has 2 amide bonds. The second kappa shape index (κ2) is 13.9. The number of nitrogens with one attached hydrogen (secondary N) is 1. The lowest BCUT2D eigenvalue weighted by molar-refractivity contribution is -0.176. The number of Topliss-reactive ketones (excluding diaryl/α,β-unsaturated/α-hetero) is 1. The summed E-state index contributed by atoms with van der Waals surface area (Å²) in [5.74, 6) is 3.23. The summed E-state index contributed by atoms with van der Waals surface area (Å²) >= 11 is 0. The molecule has 0 aliphatic heterocycles. The van der Waals surface area contributed by atoms with Crippen molar-refractivity contribution < 1.29 is 24.5 Å². The number of anilines is 1. The lowest BCUT2D eigenvalue weighted by Crippen LogP contribution is -2.67. The summed E-state index contributed by atoms with van der Waals surface area (Å²) in [6.45, 7) is 5.68. The fourth-order valence-electron chi connectivity index (χ4n) is 16.6. The first-order chi connectivity index (χ1) is 29.3. The zero-order valence-corrected chi connectivity index (χ0v) is 36.4. The Morgan fingerprint density at radius 3 is 2.10 bits per heavy atom. The number of carbonyl (C=O) groups excluding carboxylic acids is 2. The van der Waals surface area contributed by atoms with Gasteiger partial charge in [-0.2, -0.15) is 0 Å². The van der Waals surface area contributed by atoms with Gasteiger partial charge in [0.15, 0.2) is 5.78 Å². The van der Waals surface area contributed by atoms with Crippen LogP contribution < -0.4 is 10.1 Å². The third-order valence-corrected chi connectivity index (χ3v) is 19.0. The minimum absolute atomic E-state index is 0.00730. The molecule has 1 unspecified atom stereocenters. The summed E-state index contributed by atoms with van der Waals surface area (Å²) < 4.78 is 5.42. The third-order valence-electron chi connectivity index (χ3n) is 19.0. The first kappa shape index (κ1) is 39.6. The number of aliphatic hydroxyl groups excluding tert-OH is 1. The quantitative estimate of drug-likeness (QED) is 0.147. The van der Waals surface area contributed by atoms with Crippen molar-refractivity contribution in [3.63, 3.8) is 0 Å². The predicted octanol–water partition coefficient (Wildman–Crippen LogP) is 10.9. The number of hydrogen-bond acceptors (Lipinski definition) is 5. The van der Waals surface area contributed by atoms with E-state index in [1.165, 1.54) is 38.5 Å². The summed E-state index contributed by atoms with van der Waals surface area (Å²) in [6.07, 6.45) is 19.6. The fourth-order valence-corrected chi connectivity index (χ4v) is 16.6. The van der Waals surface area contributed by atoms with Gasteiger partial charge in [-0.1, -0.05) is 86.7 Å². The highest BCUT2D eigenvalue weighted by Crippen LogP contribution is 2.78. The van der Waals surface area contributed by atoms with E-state index in [2.05, 4.69) is 55.6 Å². The number of nitrogens with zero attached hydrogens (tertiary/aromatic N) is 1. The van der Waals surface area contributed by atoms with E-state index in [4.69, 9.17) is 4.74 Å². The number of fused-ring (bicyclic) bond motifs is 1. The second-order valence-electron chi connectivity index (χ2n) is 22.0. The van der Waals surface area contributed by atoms with Gasteiger partial charge in [0.05, 0.1) is 25.4 Å². The highest BCUT2D eigenvalue weighted by molar-refractivity contribution is 6.14. The number of ether oxygens (including phenoxy) is 1. The van der Waals surface area contributed by atoms with Crippen LogP contribution in [0.15, 0.2) is 103 Å². The third kappa shape index (κ3) is 5.81. The van der Waals surface area contributed by atoms with Gasteiger partial charge in [0.25, 0.3) is 0 Å². The monoisotopic (exact) mass is 820 g/mol. The van der Waals surface area contributed by atoms with Gasteiger partial charge >= 0.3 is 6.03 Å². The number of aliphatic hydroxyl groups is 2. The molecule has 320 valence electrons. The minimum Gasteiger partial charge on any atom is -0.497 e. The van der Waals surface area contributed by atoms with Gasteiger partial charge in [-0.15, -0.1) is 0 Å². The average Bonchev–Trinajstić information content (AvgIpc) is 3.52. The van der Waals surface area contributed by atoms with Crippen LogP contribution in [0.25, 0.3) is 11.1 Å². The smallest absolute Gasteiger partial charge is 0.321 e. The Morgan fingerprint density at radius 2 is 1.39 bits per heavy atom. The number of amides is 2. The van der Waals surface area contributed by atoms with Crippen molar-refractivity contribution in [2.75, 3.05) is 25.5 Å². The van der Waals surface area contributed by atoms with E-state index < -0.39 is 27.9 Å². The van der Waals surface area contributed by atoms with E-state index in [1.54, 1.807) is 7.11 Å². The normalized spacial score (nSPS) is 41.0. The molecule has 13 rings (SSSR count). The van der Waals surface area contributed by atoms with Crippen LogP contribution >= 0.6 is 0 Å². The van der Waals surface area contributed by atoms with Crippen molar-refractivity contribution in [1.29, 1.82) is 0 Å². The van der Waals surface area contributed by atoms with E-state index in [9.17, 15) is 15.0 Å². The number of hydrogen-bond donors (Lipinski definition) is 3. The summed E-state index contributed by atoms with van der Waals surface area (Å²) in [4.78, 5) is 32.5. The van der Waals surface area contributed by atoms with Crippen molar-refractivity contribution in [2.45, 2.75) is 109 Å². The van der Waals surface area contributed by atoms with Crippen LogP contribution in [0.4, 0.5) is 10.5 Å². The Bertz CT molecular complexity index is 2270. The maximum Gasteiger partial charge on any atom is 0.321 e. The summed E-state index contributed by atoms with van der Waals surface area (Å²) in [5, 5.41) is 28.1. The molecule has 7 fully saturated rings. The lowest BCUT2D eigenvalue weighted by Gasteiger charge is -2.71. The summed E-state index contributed by atoms with van der Waals surface area (Å²) in [6, 6.07) is 25.7. The molecule has 3 aromatic carbocycles. The van der Waals surface area contributed by atoms with Gasteiger partial charge in [-0.25, -0.2) is 4.79 Å². The van der Waals surface area contributed by atoms with Crippen molar-refractivity contribution in [1.82, 2.24) is 4.90 Å². The molecule has 7 heteroatoms. The highest BCUT2D eigenvalue weighted by atomic mass is 16.5. The number of ketones is 1. The molecule has 6 bridgehead atoms. The first-order valence-electron chi connectivity index (χ1n) is 23.5. The number of urea groups is 1. The number of allylic oxidation sites excluding steroid dienone is 4. The Balaban J connectivity index is 0.982. The Labute approximate surface area is 362 Å². The number of rotatable bonds is 9. The van der Waals surface area contributed by atoms with Crippen molar-refractivity contribution >= 4 is 17.5 Å². The van der Waals surface area contributed by atoms with Crippen LogP contribution in [-0.4, -0.2) is 58.8 Å². The molecule has 3 N–H and O–H groups in total.